The average Bonchev–Trinajstić information content (AvgIpc) is 2.97. The fourth-order valence-corrected chi connectivity index (χ4v) is 2.10. The molecule has 0 aliphatic rings. The van der Waals surface area contributed by atoms with Crippen molar-refractivity contribution in [2.75, 3.05) is 7.05 Å². The molecule has 0 saturated carbocycles. The highest BCUT2D eigenvalue weighted by molar-refractivity contribution is 5.61. The molecule has 1 atom stereocenters. The van der Waals surface area contributed by atoms with Gasteiger partial charge in [0.15, 0.2) is 0 Å². The summed E-state index contributed by atoms with van der Waals surface area (Å²) in [5, 5.41) is 16.5. The first kappa shape index (κ1) is 14.3. The summed E-state index contributed by atoms with van der Waals surface area (Å²) in [6.07, 6.45) is 5.66. The molecule has 0 aliphatic heterocycles. The van der Waals surface area contributed by atoms with Crippen molar-refractivity contribution in [1.29, 1.82) is 5.26 Å². The van der Waals surface area contributed by atoms with Crippen molar-refractivity contribution in [3.8, 4) is 17.2 Å². The Kier molecular flexibility index (Phi) is 4.54. The molecular formula is C16H20N4. The third-order valence-corrected chi connectivity index (χ3v) is 3.60. The van der Waals surface area contributed by atoms with Crippen LogP contribution in [0, 0.1) is 11.3 Å². The molecule has 0 spiro atoms. The number of hydrogen-bond acceptors (Lipinski definition) is 3. The van der Waals surface area contributed by atoms with Crippen LogP contribution in [0.2, 0.25) is 0 Å². The number of nitrogens with zero attached hydrogens (tertiary/aromatic N) is 3. The van der Waals surface area contributed by atoms with Crippen LogP contribution in [0.3, 0.4) is 0 Å². The molecule has 2 rings (SSSR count). The Morgan fingerprint density at radius 2 is 2.05 bits per heavy atom. The molecule has 4 nitrogen and oxygen atoms in total. The largest absolute Gasteiger partial charge is 0.303 e. The number of aryl methyl sites for hydroxylation is 1. The van der Waals surface area contributed by atoms with Crippen LogP contribution in [0.5, 0.6) is 0 Å². The van der Waals surface area contributed by atoms with Crippen LogP contribution in [-0.4, -0.2) is 22.4 Å². The lowest BCUT2D eigenvalue weighted by atomic mass is 9.98. The molecule has 2 aromatic rings. The molecule has 0 saturated heterocycles. The quantitative estimate of drug-likeness (QED) is 0.876. The van der Waals surface area contributed by atoms with Crippen LogP contribution < -0.4 is 5.32 Å². The summed E-state index contributed by atoms with van der Waals surface area (Å²) in [5.41, 5.74) is 1.85. The van der Waals surface area contributed by atoms with E-state index in [0.717, 1.165) is 24.9 Å². The molecule has 20 heavy (non-hydrogen) atoms. The smallest absolute Gasteiger partial charge is 0.103 e. The zero-order chi connectivity index (χ0) is 14.4. The number of hydrogen-bond donors (Lipinski definition) is 1. The van der Waals surface area contributed by atoms with E-state index >= 15 is 0 Å². The maximum Gasteiger partial charge on any atom is 0.103 e. The minimum atomic E-state index is -0.449. The molecular weight excluding hydrogens is 248 g/mol. The molecule has 1 heterocycles. The third-order valence-electron chi connectivity index (χ3n) is 3.60. The van der Waals surface area contributed by atoms with Crippen molar-refractivity contribution in [3.63, 3.8) is 0 Å². The minimum absolute atomic E-state index is 0.449. The number of rotatable bonds is 6. The van der Waals surface area contributed by atoms with Gasteiger partial charge in [-0.1, -0.05) is 30.3 Å². The van der Waals surface area contributed by atoms with Crippen molar-refractivity contribution >= 4 is 0 Å². The van der Waals surface area contributed by atoms with E-state index in [4.69, 9.17) is 5.26 Å². The summed E-state index contributed by atoms with van der Waals surface area (Å²) in [4.78, 5) is 0. The fraction of sp³-hybridized carbons (Fsp3) is 0.375. The predicted molar refractivity (Wildman–Crippen MR) is 80.0 cm³/mol. The van der Waals surface area contributed by atoms with Crippen molar-refractivity contribution in [2.45, 2.75) is 31.8 Å². The fourth-order valence-electron chi connectivity index (χ4n) is 2.10. The zero-order valence-corrected chi connectivity index (χ0v) is 12.0. The molecule has 1 aromatic carbocycles. The maximum atomic E-state index is 9.10. The highest BCUT2D eigenvalue weighted by Gasteiger charge is 2.20. The van der Waals surface area contributed by atoms with Crippen molar-refractivity contribution in [2.24, 2.45) is 0 Å². The van der Waals surface area contributed by atoms with E-state index in [1.165, 1.54) is 5.56 Å². The monoisotopic (exact) mass is 268 g/mol. The van der Waals surface area contributed by atoms with Gasteiger partial charge in [-0.25, -0.2) is 0 Å². The summed E-state index contributed by atoms with van der Waals surface area (Å²) in [6, 6.07) is 12.5. The van der Waals surface area contributed by atoms with Crippen molar-refractivity contribution < 1.29 is 0 Å². The van der Waals surface area contributed by atoms with Gasteiger partial charge in [0.1, 0.15) is 5.54 Å². The second kappa shape index (κ2) is 6.36. The zero-order valence-electron chi connectivity index (χ0n) is 12.0. The van der Waals surface area contributed by atoms with E-state index in [0.29, 0.717) is 0 Å². The van der Waals surface area contributed by atoms with Gasteiger partial charge in [-0.2, -0.15) is 10.4 Å². The Labute approximate surface area is 120 Å². The van der Waals surface area contributed by atoms with Gasteiger partial charge in [-0.3, -0.25) is 4.68 Å². The van der Waals surface area contributed by atoms with Crippen LogP contribution >= 0.6 is 0 Å². The molecule has 0 amide bonds. The van der Waals surface area contributed by atoms with Crippen LogP contribution in [0.15, 0.2) is 42.7 Å². The Morgan fingerprint density at radius 1 is 1.30 bits per heavy atom. The summed E-state index contributed by atoms with van der Waals surface area (Å²) in [6.45, 7) is 2.75. The van der Waals surface area contributed by atoms with Gasteiger partial charge in [0.25, 0.3) is 0 Å². The molecule has 1 unspecified atom stereocenters. The summed E-state index contributed by atoms with van der Waals surface area (Å²) in [5.74, 6) is 0. The molecule has 4 heteroatoms. The maximum absolute atomic E-state index is 9.10. The van der Waals surface area contributed by atoms with Crippen molar-refractivity contribution in [3.05, 3.63) is 42.7 Å². The second-order valence-electron chi connectivity index (χ2n) is 5.16. The first-order valence-electron chi connectivity index (χ1n) is 6.85. The van der Waals surface area contributed by atoms with E-state index < -0.39 is 5.54 Å². The first-order chi connectivity index (χ1) is 9.67. The van der Waals surface area contributed by atoms with Gasteiger partial charge in [-0.15, -0.1) is 0 Å². The molecule has 1 aromatic heterocycles. The molecule has 0 fully saturated rings. The Morgan fingerprint density at radius 3 is 2.70 bits per heavy atom. The first-order valence-corrected chi connectivity index (χ1v) is 6.85. The van der Waals surface area contributed by atoms with Gasteiger partial charge in [0.2, 0.25) is 0 Å². The highest BCUT2D eigenvalue weighted by Crippen LogP contribution is 2.18. The predicted octanol–water partition coefficient (Wildman–Crippen LogP) is 2.83. The van der Waals surface area contributed by atoms with Crippen LogP contribution in [0.4, 0.5) is 0 Å². The number of nitrogens with one attached hydrogen (secondary N) is 1. The highest BCUT2D eigenvalue weighted by atomic mass is 15.3. The van der Waals surface area contributed by atoms with E-state index in [1.807, 2.05) is 43.0 Å². The topological polar surface area (TPSA) is 53.6 Å². The number of nitriles is 1. The molecule has 1 N–H and O–H groups in total. The van der Waals surface area contributed by atoms with Gasteiger partial charge < -0.3 is 5.32 Å². The lowest BCUT2D eigenvalue weighted by Gasteiger charge is -2.20. The molecule has 104 valence electrons. The average molecular weight is 268 g/mol. The number of aromatic nitrogens is 2. The summed E-state index contributed by atoms with van der Waals surface area (Å²) in [7, 11) is 1.82. The Balaban J connectivity index is 1.93. The van der Waals surface area contributed by atoms with Gasteiger partial charge in [-0.05, 0) is 32.4 Å². The lowest BCUT2D eigenvalue weighted by molar-refractivity contribution is 0.415. The molecule has 0 radical (unpaired) electrons. The van der Waals surface area contributed by atoms with E-state index in [1.54, 1.807) is 0 Å². The van der Waals surface area contributed by atoms with Gasteiger partial charge >= 0.3 is 0 Å². The SMILES string of the molecule is CNC(C)(C#N)CCCn1cc(-c2ccccc2)cn1. The standard InChI is InChI=1S/C16H20N4/c1-16(13-17,18-2)9-6-10-20-12-15(11-19-20)14-7-4-3-5-8-14/h3-5,7-8,11-12,18H,6,9-10H2,1-2H3. The number of benzene rings is 1. The normalized spacial score (nSPS) is 13.7. The summed E-state index contributed by atoms with van der Waals surface area (Å²) >= 11 is 0. The van der Waals surface area contributed by atoms with Crippen LogP contribution in [0.1, 0.15) is 19.8 Å². The Bertz CT molecular complexity index is 582. The molecule has 0 bridgehead atoms. The van der Waals surface area contributed by atoms with Gasteiger partial charge in [0, 0.05) is 18.3 Å². The van der Waals surface area contributed by atoms with E-state index in [2.05, 4.69) is 34.8 Å². The lowest BCUT2D eigenvalue weighted by Crippen LogP contribution is -2.38. The van der Waals surface area contributed by atoms with Gasteiger partial charge in [0.05, 0.1) is 12.3 Å². The minimum Gasteiger partial charge on any atom is -0.303 e. The van der Waals surface area contributed by atoms with E-state index in [-0.39, 0.29) is 0 Å². The van der Waals surface area contributed by atoms with Crippen LogP contribution in [0.25, 0.3) is 11.1 Å². The Hall–Kier alpha value is -2.12. The van der Waals surface area contributed by atoms with E-state index in [9.17, 15) is 0 Å². The molecule has 0 aliphatic carbocycles. The summed E-state index contributed by atoms with van der Waals surface area (Å²) < 4.78 is 1.94. The van der Waals surface area contributed by atoms with Crippen LogP contribution in [-0.2, 0) is 6.54 Å². The third kappa shape index (κ3) is 3.46. The van der Waals surface area contributed by atoms with Crippen molar-refractivity contribution in [1.82, 2.24) is 15.1 Å². The second-order valence-corrected chi connectivity index (χ2v) is 5.16.